The van der Waals surface area contributed by atoms with Crippen LogP contribution < -0.4 is 0 Å². The molecule has 2 nitrogen and oxygen atoms in total. The zero-order chi connectivity index (χ0) is 15.8. The molecule has 0 spiro atoms. The highest BCUT2D eigenvalue weighted by Gasteiger charge is 2.30. The zero-order valence-electron chi connectivity index (χ0n) is 15.2. The second kappa shape index (κ2) is 14.8. The Morgan fingerprint density at radius 3 is 1.24 bits per heavy atom. The molecular formula is C19H40O2. The minimum atomic E-state index is -0.304. The van der Waals surface area contributed by atoms with Gasteiger partial charge in [-0.1, -0.05) is 65.2 Å². The topological polar surface area (TPSA) is 18.5 Å². The van der Waals surface area contributed by atoms with Crippen LogP contribution in [-0.4, -0.2) is 19.0 Å². The quantitative estimate of drug-likeness (QED) is 0.240. The van der Waals surface area contributed by atoms with Crippen molar-refractivity contribution in [3.63, 3.8) is 0 Å². The van der Waals surface area contributed by atoms with E-state index in [0.29, 0.717) is 0 Å². The second-order valence-electron chi connectivity index (χ2n) is 6.11. The van der Waals surface area contributed by atoms with Crippen molar-refractivity contribution in [2.75, 3.05) is 13.2 Å². The molecule has 2 heteroatoms. The van der Waals surface area contributed by atoms with E-state index in [0.717, 1.165) is 26.1 Å². The van der Waals surface area contributed by atoms with E-state index in [1.165, 1.54) is 64.2 Å². The largest absolute Gasteiger partial charge is 0.350 e. The van der Waals surface area contributed by atoms with E-state index >= 15 is 0 Å². The third kappa shape index (κ3) is 11.2. The monoisotopic (exact) mass is 300 g/mol. The van der Waals surface area contributed by atoms with E-state index in [1.807, 2.05) is 0 Å². The van der Waals surface area contributed by atoms with Crippen molar-refractivity contribution in [1.82, 2.24) is 0 Å². The van der Waals surface area contributed by atoms with E-state index in [-0.39, 0.29) is 5.79 Å². The molecule has 0 heterocycles. The predicted molar refractivity (Wildman–Crippen MR) is 92.7 cm³/mol. The lowest BCUT2D eigenvalue weighted by molar-refractivity contribution is -0.242. The molecule has 0 atom stereocenters. The van der Waals surface area contributed by atoms with Crippen LogP contribution in [0.4, 0.5) is 0 Å². The van der Waals surface area contributed by atoms with Crippen molar-refractivity contribution in [3.05, 3.63) is 0 Å². The van der Waals surface area contributed by atoms with Crippen molar-refractivity contribution in [2.45, 2.75) is 111 Å². The average molecular weight is 301 g/mol. The molecule has 0 N–H and O–H groups in total. The summed E-state index contributed by atoms with van der Waals surface area (Å²) in [6.45, 7) is 10.2. The second-order valence-corrected chi connectivity index (χ2v) is 6.11. The number of unbranched alkanes of at least 4 members (excludes halogenated alkanes) is 8. The highest BCUT2D eigenvalue weighted by molar-refractivity contribution is 4.71. The Balaban J connectivity index is 4.16. The molecule has 0 saturated carbocycles. The smallest absolute Gasteiger partial charge is 0.168 e. The molecule has 0 fully saturated rings. The lowest BCUT2D eigenvalue weighted by Gasteiger charge is -2.33. The van der Waals surface area contributed by atoms with Crippen LogP contribution >= 0.6 is 0 Å². The van der Waals surface area contributed by atoms with Gasteiger partial charge in [0.2, 0.25) is 0 Å². The fourth-order valence-electron chi connectivity index (χ4n) is 2.98. The number of ether oxygens (including phenoxy) is 2. The lowest BCUT2D eigenvalue weighted by atomic mass is 9.99. The molecule has 0 aliphatic carbocycles. The summed E-state index contributed by atoms with van der Waals surface area (Å²) in [4.78, 5) is 0. The van der Waals surface area contributed by atoms with Crippen LogP contribution in [0.1, 0.15) is 105 Å². The summed E-state index contributed by atoms with van der Waals surface area (Å²) in [7, 11) is 0. The Morgan fingerprint density at radius 1 is 0.524 bits per heavy atom. The first-order valence-electron chi connectivity index (χ1n) is 9.52. The summed E-state index contributed by atoms with van der Waals surface area (Å²) in [5, 5.41) is 0. The van der Waals surface area contributed by atoms with Gasteiger partial charge in [0.15, 0.2) is 5.79 Å². The molecule has 0 bridgehead atoms. The fraction of sp³-hybridized carbons (Fsp3) is 1.00. The van der Waals surface area contributed by atoms with E-state index in [1.54, 1.807) is 0 Å². The molecule has 0 rings (SSSR count). The van der Waals surface area contributed by atoms with Crippen LogP contribution in [0.3, 0.4) is 0 Å². The molecule has 0 radical (unpaired) electrons. The van der Waals surface area contributed by atoms with Gasteiger partial charge in [-0.15, -0.1) is 0 Å². The Bertz CT molecular complexity index is 182. The zero-order valence-corrected chi connectivity index (χ0v) is 15.2. The van der Waals surface area contributed by atoms with Gasteiger partial charge in [0.05, 0.1) is 0 Å². The SMILES string of the molecule is CCCCCCCC(CCCCCCC)(OCC)OCC. The first kappa shape index (κ1) is 20.9. The molecule has 0 aromatic rings. The maximum absolute atomic E-state index is 6.06. The van der Waals surface area contributed by atoms with Crippen LogP contribution in [0, 0.1) is 0 Å². The summed E-state index contributed by atoms with van der Waals surface area (Å²) in [5.74, 6) is -0.304. The normalized spacial score (nSPS) is 12.0. The maximum atomic E-state index is 6.06. The highest BCUT2D eigenvalue weighted by Crippen LogP contribution is 2.28. The Hall–Kier alpha value is -0.0800. The number of hydrogen-bond donors (Lipinski definition) is 0. The van der Waals surface area contributed by atoms with Crippen LogP contribution in [0.2, 0.25) is 0 Å². The van der Waals surface area contributed by atoms with Gasteiger partial charge in [-0.2, -0.15) is 0 Å². The van der Waals surface area contributed by atoms with Crippen LogP contribution in [0.25, 0.3) is 0 Å². The molecule has 0 aliphatic rings. The Labute approximate surface area is 134 Å². The van der Waals surface area contributed by atoms with Crippen LogP contribution in [0.5, 0.6) is 0 Å². The molecule has 0 aliphatic heterocycles. The Morgan fingerprint density at radius 2 is 0.905 bits per heavy atom. The third-order valence-electron chi connectivity index (χ3n) is 4.14. The summed E-state index contributed by atoms with van der Waals surface area (Å²) < 4.78 is 12.1. The minimum Gasteiger partial charge on any atom is -0.350 e. The highest BCUT2D eigenvalue weighted by atomic mass is 16.7. The summed E-state index contributed by atoms with van der Waals surface area (Å²) in [5.41, 5.74) is 0. The van der Waals surface area contributed by atoms with Gasteiger partial charge < -0.3 is 9.47 Å². The third-order valence-corrected chi connectivity index (χ3v) is 4.14. The fourth-order valence-corrected chi connectivity index (χ4v) is 2.98. The van der Waals surface area contributed by atoms with E-state index in [2.05, 4.69) is 27.7 Å². The number of rotatable bonds is 16. The standard InChI is InChI=1S/C19H40O2/c1-5-9-11-13-15-17-19(20-7-3,21-8-4)18-16-14-12-10-6-2/h5-18H2,1-4H3. The molecule has 0 amide bonds. The molecule has 128 valence electrons. The summed E-state index contributed by atoms with van der Waals surface area (Å²) in [6.07, 6.45) is 15.2. The van der Waals surface area contributed by atoms with Crippen molar-refractivity contribution in [1.29, 1.82) is 0 Å². The van der Waals surface area contributed by atoms with Gasteiger partial charge in [-0.3, -0.25) is 0 Å². The van der Waals surface area contributed by atoms with Gasteiger partial charge in [0, 0.05) is 26.1 Å². The first-order valence-corrected chi connectivity index (χ1v) is 9.52. The molecule has 0 unspecified atom stereocenters. The van der Waals surface area contributed by atoms with Crippen molar-refractivity contribution >= 4 is 0 Å². The van der Waals surface area contributed by atoms with E-state index < -0.39 is 0 Å². The maximum Gasteiger partial charge on any atom is 0.168 e. The Kier molecular flexibility index (Phi) is 14.8. The molecule has 0 aromatic heterocycles. The summed E-state index contributed by atoms with van der Waals surface area (Å²) >= 11 is 0. The van der Waals surface area contributed by atoms with Gasteiger partial charge in [-0.05, 0) is 26.7 Å². The molecule has 0 saturated heterocycles. The van der Waals surface area contributed by atoms with Crippen molar-refractivity contribution < 1.29 is 9.47 Å². The van der Waals surface area contributed by atoms with Gasteiger partial charge in [0.1, 0.15) is 0 Å². The van der Waals surface area contributed by atoms with Gasteiger partial charge in [0.25, 0.3) is 0 Å². The molecule has 0 aromatic carbocycles. The van der Waals surface area contributed by atoms with E-state index in [9.17, 15) is 0 Å². The minimum absolute atomic E-state index is 0.304. The average Bonchev–Trinajstić information content (AvgIpc) is 2.47. The van der Waals surface area contributed by atoms with Gasteiger partial charge in [-0.25, -0.2) is 0 Å². The van der Waals surface area contributed by atoms with Gasteiger partial charge >= 0.3 is 0 Å². The van der Waals surface area contributed by atoms with E-state index in [4.69, 9.17) is 9.47 Å². The van der Waals surface area contributed by atoms with Crippen molar-refractivity contribution in [2.24, 2.45) is 0 Å². The summed E-state index contributed by atoms with van der Waals surface area (Å²) in [6, 6.07) is 0. The van der Waals surface area contributed by atoms with Crippen molar-refractivity contribution in [3.8, 4) is 0 Å². The predicted octanol–water partition coefficient (Wildman–Crippen LogP) is 6.48. The lowest BCUT2D eigenvalue weighted by Crippen LogP contribution is -2.36. The van der Waals surface area contributed by atoms with Crippen LogP contribution in [-0.2, 0) is 9.47 Å². The molecular weight excluding hydrogens is 260 g/mol. The number of hydrogen-bond acceptors (Lipinski definition) is 2. The van der Waals surface area contributed by atoms with Crippen LogP contribution in [0.15, 0.2) is 0 Å². The first-order chi connectivity index (χ1) is 10.2. The molecule has 21 heavy (non-hydrogen) atoms.